The Balaban J connectivity index is 2.01. The molecule has 2 amide bonds. The second-order valence-corrected chi connectivity index (χ2v) is 6.78. The van der Waals surface area contributed by atoms with Crippen molar-refractivity contribution >= 4 is 28.9 Å². The van der Waals surface area contributed by atoms with Crippen molar-refractivity contribution in [1.82, 2.24) is 9.88 Å². The summed E-state index contributed by atoms with van der Waals surface area (Å²) >= 11 is 1.71. The van der Waals surface area contributed by atoms with Gasteiger partial charge in [0, 0.05) is 30.9 Å². The van der Waals surface area contributed by atoms with E-state index in [-0.39, 0.29) is 12.1 Å². The van der Waals surface area contributed by atoms with Crippen LogP contribution in [0.4, 0.5) is 16.3 Å². The molecule has 1 N–H and O–H groups in total. The van der Waals surface area contributed by atoms with E-state index in [1.807, 2.05) is 38.1 Å². The first kappa shape index (κ1) is 16.3. The highest BCUT2D eigenvalue weighted by molar-refractivity contribution is 7.12. The van der Waals surface area contributed by atoms with Gasteiger partial charge < -0.3 is 15.1 Å². The summed E-state index contributed by atoms with van der Waals surface area (Å²) in [7, 11) is 5.66. The van der Waals surface area contributed by atoms with Crippen molar-refractivity contribution in [1.29, 1.82) is 0 Å². The molecule has 1 atom stereocenters. The summed E-state index contributed by atoms with van der Waals surface area (Å²) in [4.78, 5) is 22.7. The molecule has 0 bridgehead atoms. The quantitative estimate of drug-likeness (QED) is 0.934. The standard InChI is InChI=1S/C16H22N4OS/c1-11-6-8-14(22-11)12(2)20(5)16(21)18-13-7-9-15(17-10-13)19(3)4/h6-10,12H,1-5H3,(H,18,21)/t12-/m0/s1. The summed E-state index contributed by atoms with van der Waals surface area (Å²) < 4.78 is 0. The second kappa shape index (κ2) is 6.79. The summed E-state index contributed by atoms with van der Waals surface area (Å²) in [5, 5.41) is 2.88. The molecule has 0 saturated carbocycles. The Bertz CT molecular complexity index is 636. The first-order valence-electron chi connectivity index (χ1n) is 7.12. The van der Waals surface area contributed by atoms with Crippen LogP contribution < -0.4 is 10.2 Å². The smallest absolute Gasteiger partial charge is 0.322 e. The highest BCUT2D eigenvalue weighted by atomic mass is 32.1. The van der Waals surface area contributed by atoms with E-state index in [0.29, 0.717) is 5.69 Å². The largest absolute Gasteiger partial charge is 0.363 e. The fourth-order valence-electron chi connectivity index (χ4n) is 1.98. The average Bonchev–Trinajstić information content (AvgIpc) is 2.92. The maximum absolute atomic E-state index is 12.3. The molecule has 0 aromatic carbocycles. The average molecular weight is 318 g/mol. The van der Waals surface area contributed by atoms with Gasteiger partial charge in [-0.1, -0.05) is 0 Å². The Morgan fingerprint density at radius 2 is 1.95 bits per heavy atom. The first-order valence-corrected chi connectivity index (χ1v) is 7.93. The van der Waals surface area contributed by atoms with Crippen molar-refractivity contribution in [3.63, 3.8) is 0 Å². The Morgan fingerprint density at radius 1 is 1.23 bits per heavy atom. The van der Waals surface area contributed by atoms with E-state index in [0.717, 1.165) is 5.82 Å². The van der Waals surface area contributed by atoms with Crippen LogP contribution in [-0.2, 0) is 0 Å². The van der Waals surface area contributed by atoms with Crippen molar-refractivity contribution in [2.24, 2.45) is 0 Å². The second-order valence-electron chi connectivity index (χ2n) is 5.46. The maximum atomic E-state index is 12.3. The Kier molecular flexibility index (Phi) is 5.03. The highest BCUT2D eigenvalue weighted by Gasteiger charge is 2.18. The summed E-state index contributed by atoms with van der Waals surface area (Å²) in [5.41, 5.74) is 0.692. The van der Waals surface area contributed by atoms with Crippen molar-refractivity contribution in [3.05, 3.63) is 40.2 Å². The number of thiophene rings is 1. The van der Waals surface area contributed by atoms with Gasteiger partial charge in [0.1, 0.15) is 5.82 Å². The van der Waals surface area contributed by atoms with Gasteiger partial charge in [0.2, 0.25) is 0 Å². The molecular weight excluding hydrogens is 296 g/mol. The summed E-state index contributed by atoms with van der Waals surface area (Å²) in [6.45, 7) is 4.09. The van der Waals surface area contributed by atoms with Crippen LogP contribution in [0.1, 0.15) is 22.7 Å². The van der Waals surface area contributed by atoms with Crippen LogP contribution in [-0.4, -0.2) is 37.1 Å². The lowest BCUT2D eigenvalue weighted by atomic mass is 10.2. The number of rotatable bonds is 4. The van der Waals surface area contributed by atoms with E-state index in [9.17, 15) is 4.79 Å². The summed E-state index contributed by atoms with van der Waals surface area (Å²) in [6, 6.07) is 7.77. The van der Waals surface area contributed by atoms with Crippen molar-refractivity contribution in [3.8, 4) is 0 Å². The molecule has 2 heterocycles. The van der Waals surface area contributed by atoms with Crippen LogP contribution in [0.3, 0.4) is 0 Å². The molecule has 0 aliphatic heterocycles. The number of nitrogens with one attached hydrogen (secondary N) is 1. The summed E-state index contributed by atoms with van der Waals surface area (Å²) in [6.07, 6.45) is 1.67. The van der Waals surface area contributed by atoms with Gasteiger partial charge in [-0.25, -0.2) is 9.78 Å². The molecule has 0 saturated heterocycles. The lowest BCUT2D eigenvalue weighted by Crippen LogP contribution is -2.33. The molecule has 0 spiro atoms. The van der Waals surface area contributed by atoms with Crippen molar-refractivity contribution < 1.29 is 4.79 Å². The molecule has 0 fully saturated rings. The van der Waals surface area contributed by atoms with Gasteiger partial charge in [-0.05, 0) is 38.1 Å². The number of carbonyl (C=O) groups excluding carboxylic acids is 1. The van der Waals surface area contributed by atoms with Gasteiger partial charge in [-0.3, -0.25) is 0 Å². The predicted molar refractivity (Wildman–Crippen MR) is 92.8 cm³/mol. The Labute approximate surface area is 135 Å². The number of anilines is 2. The molecule has 22 heavy (non-hydrogen) atoms. The van der Waals surface area contributed by atoms with E-state index >= 15 is 0 Å². The molecule has 2 aromatic rings. The zero-order chi connectivity index (χ0) is 16.3. The fraction of sp³-hybridized carbons (Fsp3) is 0.375. The fourth-order valence-corrected chi connectivity index (χ4v) is 2.95. The number of amides is 2. The number of aryl methyl sites for hydroxylation is 1. The van der Waals surface area contributed by atoms with Gasteiger partial charge in [0.15, 0.2) is 0 Å². The van der Waals surface area contributed by atoms with E-state index in [1.54, 1.807) is 29.5 Å². The van der Waals surface area contributed by atoms with Gasteiger partial charge in [0.05, 0.1) is 17.9 Å². The lowest BCUT2D eigenvalue weighted by Gasteiger charge is -2.24. The van der Waals surface area contributed by atoms with E-state index in [1.165, 1.54) is 9.75 Å². The van der Waals surface area contributed by atoms with Crippen molar-refractivity contribution in [2.75, 3.05) is 31.4 Å². The topological polar surface area (TPSA) is 48.5 Å². The molecule has 2 rings (SSSR count). The van der Waals surface area contributed by atoms with Gasteiger partial charge in [-0.2, -0.15) is 0 Å². The predicted octanol–water partition coefficient (Wildman–Crippen LogP) is 3.74. The van der Waals surface area contributed by atoms with Gasteiger partial charge in [0.25, 0.3) is 0 Å². The number of nitrogens with zero attached hydrogens (tertiary/aromatic N) is 3. The molecule has 0 unspecified atom stereocenters. The van der Waals surface area contributed by atoms with Crippen LogP contribution in [0, 0.1) is 6.92 Å². The van der Waals surface area contributed by atoms with Gasteiger partial charge in [-0.15, -0.1) is 11.3 Å². The SMILES string of the molecule is Cc1ccc([C@H](C)N(C)C(=O)Nc2ccc(N(C)C)nc2)s1. The molecule has 0 aliphatic carbocycles. The lowest BCUT2D eigenvalue weighted by molar-refractivity contribution is 0.209. The first-order chi connectivity index (χ1) is 10.4. The number of urea groups is 1. The number of carbonyl (C=O) groups is 1. The molecule has 2 aromatic heterocycles. The van der Waals surface area contributed by atoms with E-state index < -0.39 is 0 Å². The summed E-state index contributed by atoms with van der Waals surface area (Å²) in [5.74, 6) is 0.855. The van der Waals surface area contributed by atoms with Crippen LogP contribution in [0.25, 0.3) is 0 Å². The maximum Gasteiger partial charge on any atom is 0.322 e. The monoisotopic (exact) mass is 318 g/mol. The third kappa shape index (κ3) is 3.76. The zero-order valence-electron chi connectivity index (χ0n) is 13.6. The molecule has 0 aliphatic rings. The normalized spacial score (nSPS) is 11.9. The molecule has 0 radical (unpaired) electrons. The Morgan fingerprint density at radius 3 is 2.45 bits per heavy atom. The molecule has 5 nitrogen and oxygen atoms in total. The van der Waals surface area contributed by atoms with Crippen LogP contribution >= 0.6 is 11.3 Å². The molecular formula is C16H22N4OS. The van der Waals surface area contributed by atoms with Gasteiger partial charge >= 0.3 is 6.03 Å². The Hall–Kier alpha value is -2.08. The van der Waals surface area contributed by atoms with Crippen LogP contribution in [0.15, 0.2) is 30.5 Å². The third-order valence-electron chi connectivity index (χ3n) is 3.53. The van der Waals surface area contributed by atoms with Crippen LogP contribution in [0.2, 0.25) is 0 Å². The minimum absolute atomic E-state index is 0.0349. The van der Waals surface area contributed by atoms with E-state index in [4.69, 9.17) is 0 Å². The minimum Gasteiger partial charge on any atom is -0.363 e. The highest BCUT2D eigenvalue weighted by Crippen LogP contribution is 2.26. The molecule has 118 valence electrons. The van der Waals surface area contributed by atoms with Crippen molar-refractivity contribution in [2.45, 2.75) is 19.9 Å². The third-order valence-corrected chi connectivity index (χ3v) is 4.70. The van der Waals surface area contributed by atoms with E-state index in [2.05, 4.69) is 29.4 Å². The zero-order valence-corrected chi connectivity index (χ0v) is 14.4. The number of hydrogen-bond donors (Lipinski definition) is 1. The number of pyridine rings is 1. The number of hydrogen-bond acceptors (Lipinski definition) is 4. The molecule has 6 heteroatoms. The minimum atomic E-state index is -0.141. The number of aromatic nitrogens is 1. The van der Waals surface area contributed by atoms with Crippen LogP contribution in [0.5, 0.6) is 0 Å².